The van der Waals surface area contributed by atoms with Crippen molar-refractivity contribution in [3.63, 3.8) is 0 Å². The number of hydrogen-bond donors (Lipinski definition) is 0. The van der Waals surface area contributed by atoms with Gasteiger partial charge in [-0.3, -0.25) is 4.79 Å². The largest absolute Gasteiger partial charge is 0.484 e. The Labute approximate surface area is 128 Å². The Bertz CT molecular complexity index is 474. The highest BCUT2D eigenvalue weighted by Gasteiger charge is 2.25. The molecule has 116 valence electrons. The van der Waals surface area contributed by atoms with Crippen molar-refractivity contribution in [2.24, 2.45) is 11.8 Å². The Morgan fingerprint density at radius 2 is 1.95 bits per heavy atom. The molecule has 0 N–H and O–H groups in total. The third-order valence-electron chi connectivity index (χ3n) is 4.11. The quantitative estimate of drug-likeness (QED) is 0.846. The molecule has 3 heteroatoms. The number of rotatable bonds is 4. The molecule has 1 amide bonds. The van der Waals surface area contributed by atoms with Crippen molar-refractivity contribution in [2.45, 2.75) is 40.0 Å². The lowest BCUT2D eigenvalue weighted by Gasteiger charge is -2.34. The molecule has 1 aromatic carbocycles. The molecule has 1 saturated heterocycles. The lowest BCUT2D eigenvalue weighted by atomic mass is 9.92. The second-order valence-electron chi connectivity index (χ2n) is 6.76. The molecule has 0 aliphatic carbocycles. The average Bonchev–Trinajstić information content (AvgIpc) is 2.44. The highest BCUT2D eigenvalue weighted by molar-refractivity contribution is 5.77. The highest BCUT2D eigenvalue weighted by atomic mass is 16.5. The van der Waals surface area contributed by atoms with E-state index in [0.717, 1.165) is 18.8 Å². The smallest absolute Gasteiger partial charge is 0.260 e. The minimum absolute atomic E-state index is 0.100. The maximum atomic E-state index is 12.3. The van der Waals surface area contributed by atoms with Crippen molar-refractivity contribution < 1.29 is 9.53 Å². The minimum Gasteiger partial charge on any atom is -0.484 e. The first-order valence-corrected chi connectivity index (χ1v) is 7.96. The van der Waals surface area contributed by atoms with Crippen LogP contribution in [0.15, 0.2) is 24.3 Å². The summed E-state index contributed by atoms with van der Waals surface area (Å²) in [6.07, 6.45) is 1.21. The van der Waals surface area contributed by atoms with E-state index in [1.165, 1.54) is 12.0 Å². The topological polar surface area (TPSA) is 29.5 Å². The molecule has 0 radical (unpaired) electrons. The summed E-state index contributed by atoms with van der Waals surface area (Å²) in [7, 11) is 0. The summed E-state index contributed by atoms with van der Waals surface area (Å²) in [5.74, 6) is 2.52. The van der Waals surface area contributed by atoms with E-state index in [0.29, 0.717) is 17.8 Å². The number of amides is 1. The van der Waals surface area contributed by atoms with Gasteiger partial charge in [0.25, 0.3) is 5.91 Å². The molecule has 1 fully saturated rings. The third-order valence-corrected chi connectivity index (χ3v) is 4.11. The van der Waals surface area contributed by atoms with Crippen LogP contribution in [0.5, 0.6) is 5.75 Å². The van der Waals surface area contributed by atoms with E-state index >= 15 is 0 Å². The molecular weight excluding hydrogens is 262 g/mol. The third kappa shape index (κ3) is 4.48. The molecule has 2 unspecified atom stereocenters. The van der Waals surface area contributed by atoms with Gasteiger partial charge in [0.05, 0.1) is 0 Å². The molecule has 1 aliphatic rings. The number of piperidine rings is 1. The van der Waals surface area contributed by atoms with Gasteiger partial charge in [-0.15, -0.1) is 0 Å². The van der Waals surface area contributed by atoms with Crippen LogP contribution in [0.4, 0.5) is 0 Å². The number of benzene rings is 1. The Kier molecular flexibility index (Phi) is 5.27. The molecule has 1 aromatic rings. The first-order chi connectivity index (χ1) is 9.95. The summed E-state index contributed by atoms with van der Waals surface area (Å²) < 4.78 is 5.69. The van der Waals surface area contributed by atoms with Crippen molar-refractivity contribution in [3.05, 3.63) is 29.8 Å². The predicted molar refractivity (Wildman–Crippen MR) is 85.6 cm³/mol. The fraction of sp³-hybridized carbons (Fsp3) is 0.611. The number of ether oxygens (including phenoxy) is 1. The zero-order chi connectivity index (χ0) is 15.4. The molecule has 2 atom stereocenters. The van der Waals surface area contributed by atoms with Gasteiger partial charge in [0.2, 0.25) is 0 Å². The number of carbonyl (C=O) groups excluding carboxylic acids is 1. The molecule has 0 aromatic heterocycles. The van der Waals surface area contributed by atoms with Crippen LogP contribution >= 0.6 is 0 Å². The first-order valence-electron chi connectivity index (χ1n) is 7.96. The van der Waals surface area contributed by atoms with Crippen molar-refractivity contribution in [1.82, 2.24) is 4.90 Å². The van der Waals surface area contributed by atoms with E-state index in [-0.39, 0.29) is 12.5 Å². The van der Waals surface area contributed by atoms with Gasteiger partial charge in [-0.1, -0.05) is 39.8 Å². The highest BCUT2D eigenvalue weighted by Crippen LogP contribution is 2.22. The van der Waals surface area contributed by atoms with Crippen molar-refractivity contribution in [1.29, 1.82) is 0 Å². The van der Waals surface area contributed by atoms with Gasteiger partial charge in [0.15, 0.2) is 6.61 Å². The van der Waals surface area contributed by atoms with Crippen molar-refractivity contribution in [2.75, 3.05) is 19.7 Å². The molecular formula is C18H27NO2. The summed E-state index contributed by atoms with van der Waals surface area (Å²) >= 11 is 0. The predicted octanol–water partition coefficient (Wildman–Crippen LogP) is 3.69. The van der Waals surface area contributed by atoms with Gasteiger partial charge in [-0.2, -0.15) is 0 Å². The van der Waals surface area contributed by atoms with Gasteiger partial charge < -0.3 is 9.64 Å². The molecule has 2 rings (SSSR count). The van der Waals surface area contributed by atoms with E-state index in [4.69, 9.17) is 4.74 Å². The molecule has 1 aliphatic heterocycles. The van der Waals surface area contributed by atoms with Crippen molar-refractivity contribution >= 4 is 5.91 Å². The Balaban J connectivity index is 1.90. The summed E-state index contributed by atoms with van der Waals surface area (Å²) in [4.78, 5) is 14.2. The van der Waals surface area contributed by atoms with E-state index in [1.807, 2.05) is 23.1 Å². The normalized spacial score (nSPS) is 22.4. The van der Waals surface area contributed by atoms with Crippen LogP contribution < -0.4 is 4.74 Å². The molecule has 0 spiro atoms. The summed E-state index contributed by atoms with van der Waals surface area (Å²) in [5.41, 5.74) is 1.24. The van der Waals surface area contributed by atoms with E-state index < -0.39 is 0 Å². The first kappa shape index (κ1) is 15.9. The zero-order valence-electron chi connectivity index (χ0n) is 13.6. The average molecular weight is 289 g/mol. The van der Waals surface area contributed by atoms with Crippen LogP contribution in [0.3, 0.4) is 0 Å². The lowest BCUT2D eigenvalue weighted by Crippen LogP contribution is -2.44. The molecule has 3 nitrogen and oxygen atoms in total. The van der Waals surface area contributed by atoms with Gasteiger partial charge >= 0.3 is 0 Å². The lowest BCUT2D eigenvalue weighted by molar-refractivity contribution is -0.136. The van der Waals surface area contributed by atoms with E-state index in [2.05, 4.69) is 33.8 Å². The fourth-order valence-corrected chi connectivity index (χ4v) is 3.07. The van der Waals surface area contributed by atoms with Crippen LogP contribution in [0.1, 0.15) is 45.6 Å². The van der Waals surface area contributed by atoms with Crippen LogP contribution in [-0.4, -0.2) is 30.5 Å². The zero-order valence-corrected chi connectivity index (χ0v) is 13.6. The van der Waals surface area contributed by atoms with Crippen LogP contribution in [-0.2, 0) is 4.79 Å². The monoisotopic (exact) mass is 289 g/mol. The van der Waals surface area contributed by atoms with E-state index in [1.54, 1.807) is 0 Å². The molecule has 0 bridgehead atoms. The molecule has 1 heterocycles. The molecule has 0 saturated carbocycles. The number of likely N-dealkylation sites (tertiary alicyclic amines) is 1. The maximum Gasteiger partial charge on any atom is 0.260 e. The summed E-state index contributed by atoms with van der Waals surface area (Å²) in [5, 5.41) is 0. The van der Waals surface area contributed by atoms with E-state index in [9.17, 15) is 4.79 Å². The SMILES string of the molecule is CC1CC(C)CN(C(=O)COc2cccc(C(C)C)c2)C1. The van der Waals surface area contributed by atoms with Gasteiger partial charge in [-0.05, 0) is 41.9 Å². The van der Waals surface area contributed by atoms with Gasteiger partial charge in [0, 0.05) is 13.1 Å². The van der Waals surface area contributed by atoms with Gasteiger partial charge in [0.1, 0.15) is 5.75 Å². The van der Waals surface area contributed by atoms with Crippen LogP contribution in [0, 0.1) is 11.8 Å². The Hall–Kier alpha value is -1.51. The second kappa shape index (κ2) is 6.97. The van der Waals surface area contributed by atoms with Crippen molar-refractivity contribution in [3.8, 4) is 5.75 Å². The van der Waals surface area contributed by atoms with Gasteiger partial charge in [-0.25, -0.2) is 0 Å². The molecule has 21 heavy (non-hydrogen) atoms. The minimum atomic E-state index is 0.100. The standard InChI is InChI=1S/C18H27NO2/c1-13(2)16-6-5-7-17(9-16)21-12-18(20)19-10-14(3)8-15(4)11-19/h5-7,9,13-15H,8,10-12H2,1-4H3. The van der Waals surface area contributed by atoms with Crippen LogP contribution in [0.2, 0.25) is 0 Å². The number of nitrogens with zero attached hydrogens (tertiary/aromatic N) is 1. The maximum absolute atomic E-state index is 12.3. The fourth-order valence-electron chi connectivity index (χ4n) is 3.07. The number of carbonyl (C=O) groups is 1. The number of hydrogen-bond acceptors (Lipinski definition) is 2. The Morgan fingerprint density at radius 3 is 2.57 bits per heavy atom. The second-order valence-corrected chi connectivity index (χ2v) is 6.76. The Morgan fingerprint density at radius 1 is 1.29 bits per heavy atom. The summed E-state index contributed by atoms with van der Waals surface area (Å²) in [6.45, 7) is 10.6. The summed E-state index contributed by atoms with van der Waals surface area (Å²) in [6, 6.07) is 8.02. The van der Waals surface area contributed by atoms with Crippen LogP contribution in [0.25, 0.3) is 0 Å².